The van der Waals surface area contributed by atoms with Gasteiger partial charge in [-0.2, -0.15) is 4.31 Å². The van der Waals surface area contributed by atoms with E-state index in [1.54, 1.807) is 10.4 Å². The van der Waals surface area contributed by atoms with Crippen molar-refractivity contribution >= 4 is 21.4 Å². The van der Waals surface area contributed by atoms with Crippen LogP contribution >= 0.6 is 11.3 Å². The Morgan fingerprint density at radius 2 is 1.95 bits per heavy atom. The van der Waals surface area contributed by atoms with E-state index in [9.17, 15) is 8.42 Å². The van der Waals surface area contributed by atoms with Gasteiger partial charge in [-0.1, -0.05) is 34.6 Å². The number of rotatable bonds is 2. The molecule has 1 fully saturated rings. The molecule has 0 aliphatic carbocycles. The highest BCUT2D eigenvalue weighted by molar-refractivity contribution is 7.91. The van der Waals surface area contributed by atoms with Crippen molar-refractivity contribution in [1.29, 1.82) is 0 Å². The smallest absolute Gasteiger partial charge is 0.252 e. The van der Waals surface area contributed by atoms with Crippen molar-refractivity contribution in [3.8, 4) is 0 Å². The molecule has 0 saturated carbocycles. The monoisotopic (exact) mass is 330 g/mol. The molecule has 1 saturated heterocycles. The average molecular weight is 331 g/mol. The van der Waals surface area contributed by atoms with Crippen LogP contribution in [0.25, 0.3) is 0 Å². The first-order valence-corrected chi connectivity index (χ1v) is 9.56. The number of thiophene rings is 1. The van der Waals surface area contributed by atoms with Gasteiger partial charge in [0.1, 0.15) is 4.21 Å². The lowest BCUT2D eigenvalue weighted by molar-refractivity contribution is 0.156. The number of nitrogens with two attached hydrogens (primary N) is 1. The summed E-state index contributed by atoms with van der Waals surface area (Å²) in [7, 11) is -3.40. The van der Waals surface area contributed by atoms with Gasteiger partial charge in [0, 0.05) is 24.0 Å². The molecule has 1 aliphatic heterocycles. The van der Waals surface area contributed by atoms with Gasteiger partial charge < -0.3 is 5.73 Å². The van der Waals surface area contributed by atoms with Crippen molar-refractivity contribution in [1.82, 2.24) is 4.31 Å². The predicted octanol–water partition coefficient (Wildman–Crippen LogP) is 2.79. The van der Waals surface area contributed by atoms with Crippen LogP contribution in [0.4, 0.5) is 0 Å². The Labute approximate surface area is 132 Å². The molecule has 1 aliphatic rings. The zero-order valence-corrected chi connectivity index (χ0v) is 15.1. The second-order valence-electron chi connectivity index (χ2n) is 7.59. The Morgan fingerprint density at radius 1 is 1.33 bits per heavy atom. The van der Waals surface area contributed by atoms with Gasteiger partial charge in [-0.05, 0) is 29.4 Å². The molecule has 0 spiro atoms. The highest BCUT2D eigenvalue weighted by Crippen LogP contribution is 2.36. The highest BCUT2D eigenvalue weighted by Gasteiger charge is 2.39. The zero-order chi connectivity index (χ0) is 16.1. The van der Waals surface area contributed by atoms with E-state index in [0.29, 0.717) is 23.7 Å². The maximum atomic E-state index is 12.8. The SMILES string of the molecule is CC(C)(C)c1ccc(S(=O)(=O)N2CCC(N)C(C)(C)C2)s1. The van der Waals surface area contributed by atoms with E-state index >= 15 is 0 Å². The van der Waals surface area contributed by atoms with Crippen LogP contribution < -0.4 is 5.73 Å². The van der Waals surface area contributed by atoms with Crippen molar-refractivity contribution in [3.63, 3.8) is 0 Å². The van der Waals surface area contributed by atoms with Gasteiger partial charge in [0.25, 0.3) is 10.0 Å². The van der Waals surface area contributed by atoms with Crippen molar-refractivity contribution < 1.29 is 8.42 Å². The molecule has 1 aromatic rings. The molecule has 0 amide bonds. The highest BCUT2D eigenvalue weighted by atomic mass is 32.2. The van der Waals surface area contributed by atoms with Gasteiger partial charge >= 0.3 is 0 Å². The van der Waals surface area contributed by atoms with Gasteiger partial charge in [-0.25, -0.2) is 8.42 Å². The molecule has 120 valence electrons. The van der Waals surface area contributed by atoms with Crippen LogP contribution in [-0.4, -0.2) is 31.9 Å². The minimum Gasteiger partial charge on any atom is -0.327 e. The van der Waals surface area contributed by atoms with Crippen LogP contribution in [0, 0.1) is 5.41 Å². The van der Waals surface area contributed by atoms with Crippen LogP contribution in [0.3, 0.4) is 0 Å². The minimum absolute atomic E-state index is 0.0258. The van der Waals surface area contributed by atoms with E-state index in [-0.39, 0.29) is 16.9 Å². The topological polar surface area (TPSA) is 63.4 Å². The number of piperidine rings is 1. The quantitative estimate of drug-likeness (QED) is 0.907. The van der Waals surface area contributed by atoms with E-state index in [1.807, 2.05) is 19.9 Å². The van der Waals surface area contributed by atoms with Gasteiger partial charge in [0.2, 0.25) is 0 Å². The number of nitrogens with zero attached hydrogens (tertiary/aromatic N) is 1. The van der Waals surface area contributed by atoms with E-state index in [1.165, 1.54) is 11.3 Å². The van der Waals surface area contributed by atoms with E-state index < -0.39 is 10.0 Å². The lowest BCUT2D eigenvalue weighted by atomic mass is 9.81. The lowest BCUT2D eigenvalue weighted by Crippen LogP contribution is -2.53. The third-order valence-corrected chi connectivity index (χ3v) is 8.02. The number of sulfonamides is 1. The fourth-order valence-electron chi connectivity index (χ4n) is 2.52. The molecule has 0 aromatic carbocycles. The molecule has 2 heterocycles. The first-order valence-electron chi connectivity index (χ1n) is 7.31. The van der Waals surface area contributed by atoms with Crippen molar-refractivity contribution in [2.45, 2.75) is 56.7 Å². The first-order chi connectivity index (χ1) is 9.44. The second kappa shape index (κ2) is 5.33. The van der Waals surface area contributed by atoms with Crippen LogP contribution in [0.2, 0.25) is 0 Å². The lowest BCUT2D eigenvalue weighted by Gasteiger charge is -2.41. The van der Waals surface area contributed by atoms with Crippen molar-refractivity contribution in [2.24, 2.45) is 11.1 Å². The van der Waals surface area contributed by atoms with Crippen molar-refractivity contribution in [2.75, 3.05) is 13.1 Å². The van der Waals surface area contributed by atoms with Crippen LogP contribution in [-0.2, 0) is 15.4 Å². The summed E-state index contributed by atoms with van der Waals surface area (Å²) in [6.45, 7) is 11.4. The molecule has 2 rings (SSSR count). The van der Waals surface area contributed by atoms with E-state index in [0.717, 1.165) is 4.88 Å². The summed E-state index contributed by atoms with van der Waals surface area (Å²) in [6.07, 6.45) is 0.712. The molecule has 4 nitrogen and oxygen atoms in total. The Bertz CT molecular complexity index is 612. The second-order valence-corrected chi connectivity index (χ2v) is 10.8. The number of hydrogen-bond donors (Lipinski definition) is 1. The predicted molar refractivity (Wildman–Crippen MR) is 88.2 cm³/mol. The Morgan fingerprint density at radius 3 is 2.43 bits per heavy atom. The summed E-state index contributed by atoms with van der Waals surface area (Å²) in [5.41, 5.74) is 5.89. The third kappa shape index (κ3) is 3.33. The average Bonchev–Trinajstić information content (AvgIpc) is 2.82. The summed E-state index contributed by atoms with van der Waals surface area (Å²) in [5.74, 6) is 0. The summed E-state index contributed by atoms with van der Waals surface area (Å²) < 4.78 is 27.7. The van der Waals surface area contributed by atoms with Crippen molar-refractivity contribution in [3.05, 3.63) is 17.0 Å². The van der Waals surface area contributed by atoms with E-state index in [4.69, 9.17) is 5.73 Å². The molecule has 1 aromatic heterocycles. The Hall–Kier alpha value is -0.430. The minimum atomic E-state index is -3.40. The van der Waals surface area contributed by atoms with Crippen LogP contribution in [0.1, 0.15) is 45.9 Å². The molecule has 6 heteroatoms. The Kier molecular flexibility index (Phi) is 4.30. The maximum absolute atomic E-state index is 12.8. The summed E-state index contributed by atoms with van der Waals surface area (Å²) in [6, 6.07) is 3.72. The summed E-state index contributed by atoms with van der Waals surface area (Å²) in [5, 5.41) is 0. The Balaban J connectivity index is 2.29. The fourth-order valence-corrected chi connectivity index (χ4v) is 5.66. The van der Waals surface area contributed by atoms with Gasteiger partial charge in [0.15, 0.2) is 0 Å². The molecule has 2 N–H and O–H groups in total. The van der Waals surface area contributed by atoms with Crippen LogP contribution in [0.5, 0.6) is 0 Å². The largest absolute Gasteiger partial charge is 0.327 e. The fraction of sp³-hybridized carbons (Fsp3) is 0.733. The molecule has 0 bridgehead atoms. The molecule has 1 unspecified atom stereocenters. The molecule has 1 atom stereocenters. The number of hydrogen-bond acceptors (Lipinski definition) is 4. The first kappa shape index (κ1) is 16.9. The van der Waals surface area contributed by atoms with Crippen LogP contribution in [0.15, 0.2) is 16.3 Å². The molecule has 0 radical (unpaired) electrons. The molecular formula is C15H26N2O2S2. The van der Waals surface area contributed by atoms with Gasteiger partial charge in [-0.3, -0.25) is 0 Å². The maximum Gasteiger partial charge on any atom is 0.252 e. The van der Waals surface area contributed by atoms with E-state index in [2.05, 4.69) is 20.8 Å². The van der Waals surface area contributed by atoms with Gasteiger partial charge in [0.05, 0.1) is 0 Å². The summed E-state index contributed by atoms with van der Waals surface area (Å²) in [4.78, 5) is 1.09. The zero-order valence-electron chi connectivity index (χ0n) is 13.5. The third-order valence-electron chi connectivity index (χ3n) is 4.19. The normalized spacial score (nSPS) is 24.2. The standard InChI is InChI=1S/C15H26N2O2S2/c1-14(2,3)12-6-7-13(20-12)21(18,19)17-9-8-11(16)15(4,5)10-17/h6-7,11H,8-10,16H2,1-5H3. The molecular weight excluding hydrogens is 304 g/mol. The summed E-state index contributed by atoms with van der Waals surface area (Å²) >= 11 is 1.38. The van der Waals surface area contributed by atoms with Gasteiger partial charge in [-0.15, -0.1) is 11.3 Å². The molecule has 21 heavy (non-hydrogen) atoms.